The second kappa shape index (κ2) is 11.4. The molecule has 1 aliphatic rings. The van der Waals surface area contributed by atoms with E-state index in [0.29, 0.717) is 30.5 Å². The molecule has 2 N–H and O–H groups in total. The highest BCUT2D eigenvalue weighted by molar-refractivity contribution is 7.99. The van der Waals surface area contributed by atoms with Crippen molar-refractivity contribution in [3.63, 3.8) is 0 Å². The summed E-state index contributed by atoms with van der Waals surface area (Å²) in [4.78, 5) is 26.3. The summed E-state index contributed by atoms with van der Waals surface area (Å²) in [6, 6.07) is 8.07. The summed E-state index contributed by atoms with van der Waals surface area (Å²) in [5.41, 5.74) is -0.733. The molecule has 0 radical (unpaired) electrons. The Bertz CT molecular complexity index is 948. The van der Waals surface area contributed by atoms with Crippen LogP contribution in [0.5, 0.6) is 0 Å². The Morgan fingerprint density at radius 2 is 1.91 bits per heavy atom. The number of benzene rings is 1. The number of piperidine rings is 1. The van der Waals surface area contributed by atoms with Gasteiger partial charge in [0, 0.05) is 31.2 Å². The highest BCUT2D eigenvalue weighted by Gasteiger charge is 2.30. The van der Waals surface area contributed by atoms with Crippen LogP contribution < -0.4 is 15.5 Å². The van der Waals surface area contributed by atoms with E-state index in [4.69, 9.17) is 0 Å². The minimum Gasteiger partial charge on any atom is -0.356 e. The van der Waals surface area contributed by atoms with Crippen molar-refractivity contribution < 1.29 is 22.8 Å². The molecule has 0 spiro atoms. The Morgan fingerprint density at radius 3 is 2.55 bits per heavy atom. The molecular formula is C22H26F3N5O2S. The maximum Gasteiger partial charge on any atom is 0.416 e. The third-order valence-corrected chi connectivity index (χ3v) is 6.11. The lowest BCUT2D eigenvalue weighted by molar-refractivity contribution is -0.137. The number of thioether (sulfide) groups is 1. The van der Waals surface area contributed by atoms with Gasteiger partial charge in [-0.3, -0.25) is 9.59 Å². The topological polar surface area (TPSA) is 87.2 Å². The molecule has 1 fully saturated rings. The molecule has 0 atom stereocenters. The van der Waals surface area contributed by atoms with Crippen molar-refractivity contribution in [2.75, 3.05) is 35.6 Å². The molecule has 0 aliphatic carbocycles. The van der Waals surface area contributed by atoms with Crippen LogP contribution in [-0.2, 0) is 15.8 Å². The molecule has 33 heavy (non-hydrogen) atoms. The lowest BCUT2D eigenvalue weighted by Crippen LogP contribution is -2.41. The fourth-order valence-corrected chi connectivity index (χ4v) is 4.05. The molecule has 1 aliphatic heterocycles. The van der Waals surface area contributed by atoms with Crippen LogP contribution >= 0.6 is 11.8 Å². The average molecular weight is 482 g/mol. The van der Waals surface area contributed by atoms with Gasteiger partial charge in [0.05, 0.1) is 11.3 Å². The monoisotopic (exact) mass is 481 g/mol. The molecule has 178 valence electrons. The van der Waals surface area contributed by atoms with Crippen LogP contribution in [0, 0.1) is 5.92 Å². The molecule has 2 heterocycles. The van der Waals surface area contributed by atoms with Crippen LogP contribution in [0.2, 0.25) is 0 Å². The van der Waals surface area contributed by atoms with Gasteiger partial charge in [-0.1, -0.05) is 24.8 Å². The lowest BCUT2D eigenvalue weighted by atomic mass is 9.96. The number of amides is 2. The number of aromatic nitrogens is 2. The number of rotatable bonds is 8. The van der Waals surface area contributed by atoms with Crippen molar-refractivity contribution in [2.45, 2.75) is 37.4 Å². The van der Waals surface area contributed by atoms with E-state index in [1.165, 1.54) is 12.1 Å². The van der Waals surface area contributed by atoms with E-state index in [-0.39, 0.29) is 23.3 Å². The van der Waals surface area contributed by atoms with E-state index in [1.807, 2.05) is 13.0 Å². The van der Waals surface area contributed by atoms with Gasteiger partial charge in [0.15, 0.2) is 5.82 Å². The van der Waals surface area contributed by atoms with E-state index in [9.17, 15) is 22.8 Å². The molecule has 1 aromatic carbocycles. The van der Waals surface area contributed by atoms with Crippen LogP contribution in [0.3, 0.4) is 0 Å². The number of nitrogens with one attached hydrogen (secondary N) is 2. The Labute approximate surface area is 194 Å². The summed E-state index contributed by atoms with van der Waals surface area (Å²) in [5.74, 6) is 0.389. The van der Waals surface area contributed by atoms with E-state index in [1.54, 1.807) is 6.07 Å². The normalized spacial score (nSPS) is 14.7. The van der Waals surface area contributed by atoms with E-state index >= 15 is 0 Å². The first kappa shape index (κ1) is 24.8. The molecule has 2 aromatic rings. The molecule has 3 rings (SSSR count). The smallest absolute Gasteiger partial charge is 0.356 e. The first-order valence-electron chi connectivity index (χ1n) is 10.7. The summed E-state index contributed by atoms with van der Waals surface area (Å²) in [7, 11) is 0. The largest absolute Gasteiger partial charge is 0.416 e. The third kappa shape index (κ3) is 7.34. The third-order valence-electron chi connectivity index (χ3n) is 5.19. The van der Waals surface area contributed by atoms with Crippen molar-refractivity contribution in [1.82, 2.24) is 15.5 Å². The van der Waals surface area contributed by atoms with Gasteiger partial charge in [-0.25, -0.2) is 0 Å². The SMILES string of the molecule is CCCNC(=O)C1CCN(c2ccc(SCC(=O)Nc3cccc(C(F)(F)F)c3)nn2)CC1. The van der Waals surface area contributed by atoms with Gasteiger partial charge in [0.2, 0.25) is 11.8 Å². The van der Waals surface area contributed by atoms with E-state index in [2.05, 4.69) is 25.7 Å². The second-order valence-electron chi connectivity index (χ2n) is 7.70. The molecule has 1 saturated heterocycles. The standard InChI is InChI=1S/C22H26F3N5O2S/c1-2-10-26-21(32)15-8-11-30(12-9-15)18-6-7-20(29-28-18)33-14-19(31)27-17-5-3-4-16(13-17)22(23,24)25/h3-7,13,15H,2,8-12,14H2,1H3,(H,26,32)(H,27,31). The number of hydrogen-bond donors (Lipinski definition) is 2. The van der Waals surface area contributed by atoms with Gasteiger partial charge >= 0.3 is 6.18 Å². The van der Waals surface area contributed by atoms with Crippen LogP contribution in [0.4, 0.5) is 24.7 Å². The van der Waals surface area contributed by atoms with Crippen molar-refractivity contribution in [2.24, 2.45) is 5.92 Å². The fraction of sp³-hybridized carbons (Fsp3) is 0.455. The number of carbonyl (C=O) groups excluding carboxylic acids is 2. The highest BCUT2D eigenvalue weighted by atomic mass is 32.2. The van der Waals surface area contributed by atoms with Crippen LogP contribution in [0.25, 0.3) is 0 Å². The summed E-state index contributed by atoms with van der Waals surface area (Å²) in [6.45, 7) is 4.14. The van der Waals surface area contributed by atoms with E-state index < -0.39 is 17.6 Å². The van der Waals surface area contributed by atoms with Gasteiger partial charge in [0.25, 0.3) is 0 Å². The Kier molecular flexibility index (Phi) is 8.54. The maximum atomic E-state index is 12.8. The predicted octanol–water partition coefficient (Wildman–Crippen LogP) is 3.97. The lowest BCUT2D eigenvalue weighted by Gasteiger charge is -2.31. The number of halogens is 3. The van der Waals surface area contributed by atoms with Crippen LogP contribution in [0.15, 0.2) is 41.4 Å². The Hall–Kier alpha value is -2.82. The summed E-state index contributed by atoms with van der Waals surface area (Å²) < 4.78 is 38.4. The van der Waals surface area contributed by atoms with E-state index in [0.717, 1.165) is 43.2 Å². The number of hydrogen-bond acceptors (Lipinski definition) is 6. The average Bonchev–Trinajstić information content (AvgIpc) is 2.81. The quantitative estimate of drug-likeness (QED) is 0.555. The highest BCUT2D eigenvalue weighted by Crippen LogP contribution is 2.30. The number of alkyl halides is 3. The second-order valence-corrected chi connectivity index (χ2v) is 8.69. The Balaban J connectivity index is 1.45. The van der Waals surface area contributed by atoms with Gasteiger partial charge in [0.1, 0.15) is 5.03 Å². The molecule has 0 saturated carbocycles. The summed E-state index contributed by atoms with van der Waals surface area (Å²) >= 11 is 1.15. The van der Waals surface area contributed by atoms with Gasteiger partial charge in [-0.2, -0.15) is 13.2 Å². The zero-order valence-corrected chi connectivity index (χ0v) is 19.0. The Morgan fingerprint density at radius 1 is 1.15 bits per heavy atom. The summed E-state index contributed by atoms with van der Waals surface area (Å²) in [5, 5.41) is 14.3. The van der Waals surface area contributed by atoms with Gasteiger partial charge < -0.3 is 15.5 Å². The molecule has 1 aromatic heterocycles. The molecular weight excluding hydrogens is 455 g/mol. The minimum atomic E-state index is -4.47. The first-order chi connectivity index (χ1) is 15.8. The zero-order valence-electron chi connectivity index (χ0n) is 18.2. The number of carbonyl (C=O) groups is 2. The first-order valence-corrected chi connectivity index (χ1v) is 11.7. The van der Waals surface area contributed by atoms with Crippen molar-refractivity contribution in [1.29, 1.82) is 0 Å². The van der Waals surface area contributed by atoms with Crippen molar-refractivity contribution in [3.8, 4) is 0 Å². The number of anilines is 2. The van der Waals surface area contributed by atoms with Crippen LogP contribution in [-0.4, -0.2) is 47.4 Å². The number of nitrogens with zero attached hydrogens (tertiary/aromatic N) is 3. The van der Waals surface area contributed by atoms with Crippen molar-refractivity contribution >= 4 is 35.1 Å². The molecule has 11 heteroatoms. The molecule has 0 bridgehead atoms. The minimum absolute atomic E-state index is 0.0114. The van der Waals surface area contributed by atoms with Gasteiger partial charge in [-0.05, 0) is 49.6 Å². The van der Waals surface area contributed by atoms with Crippen molar-refractivity contribution in [3.05, 3.63) is 42.0 Å². The zero-order chi connectivity index (χ0) is 23.8. The summed E-state index contributed by atoms with van der Waals surface area (Å²) in [6.07, 6.45) is -2.05. The van der Waals surface area contributed by atoms with Gasteiger partial charge in [-0.15, -0.1) is 10.2 Å². The van der Waals surface area contributed by atoms with Crippen LogP contribution in [0.1, 0.15) is 31.7 Å². The molecule has 2 amide bonds. The predicted molar refractivity (Wildman–Crippen MR) is 121 cm³/mol. The molecule has 0 unspecified atom stereocenters. The fourth-order valence-electron chi connectivity index (χ4n) is 3.43. The molecule has 7 nitrogen and oxygen atoms in total. The maximum absolute atomic E-state index is 12.8.